The van der Waals surface area contributed by atoms with Crippen molar-refractivity contribution in [3.05, 3.63) is 23.9 Å². The average molecular weight is 340 g/mol. The molecule has 0 unspecified atom stereocenters. The number of hydrogen-bond acceptors (Lipinski definition) is 4. The zero-order valence-electron chi connectivity index (χ0n) is 11.7. The number of β-amino-alcohol motifs (C(OH)–C–C–N with tert-alkyl or cyclic N) is 1. The first-order chi connectivity index (χ1) is 10.6. The average Bonchev–Trinajstić information content (AvgIpc) is 2.88. The highest BCUT2D eigenvalue weighted by atomic mass is 19.4. The summed E-state index contributed by atoms with van der Waals surface area (Å²) in [6.45, 7) is -2.07. The number of rotatable bonds is 4. The Morgan fingerprint density at radius 1 is 1.48 bits per heavy atom. The van der Waals surface area contributed by atoms with Crippen molar-refractivity contribution in [2.24, 2.45) is 0 Å². The lowest BCUT2D eigenvalue weighted by Crippen LogP contribution is -2.48. The maximum absolute atomic E-state index is 12.7. The van der Waals surface area contributed by atoms with Gasteiger partial charge in [0.25, 0.3) is 12.3 Å². The molecular formula is C13H13F5N2O3. The van der Waals surface area contributed by atoms with Crippen molar-refractivity contribution in [1.29, 1.82) is 0 Å². The lowest BCUT2D eigenvalue weighted by Gasteiger charge is -2.25. The van der Waals surface area contributed by atoms with E-state index in [0.29, 0.717) is 0 Å². The number of aliphatic hydroxyl groups is 1. The predicted octanol–water partition coefficient (Wildman–Crippen LogP) is 1.86. The van der Waals surface area contributed by atoms with Gasteiger partial charge in [-0.05, 0) is 6.07 Å². The van der Waals surface area contributed by atoms with E-state index in [4.69, 9.17) is 0 Å². The highest BCUT2D eigenvalue weighted by Gasteiger charge is 2.57. The highest BCUT2D eigenvalue weighted by molar-refractivity contribution is 5.94. The van der Waals surface area contributed by atoms with E-state index in [0.717, 1.165) is 17.2 Å². The summed E-state index contributed by atoms with van der Waals surface area (Å²) in [5.74, 6) is -1.00. The van der Waals surface area contributed by atoms with Gasteiger partial charge in [0.1, 0.15) is 0 Å². The van der Waals surface area contributed by atoms with Crippen LogP contribution in [0.25, 0.3) is 0 Å². The van der Waals surface area contributed by atoms with E-state index < -0.39 is 43.7 Å². The van der Waals surface area contributed by atoms with Crippen LogP contribution in [-0.2, 0) is 0 Å². The molecule has 0 aliphatic carbocycles. The van der Waals surface area contributed by atoms with Crippen LogP contribution in [-0.4, -0.2) is 58.8 Å². The lowest BCUT2D eigenvalue weighted by molar-refractivity contribution is -0.253. The number of likely N-dealkylation sites (tertiary alicyclic amines) is 1. The van der Waals surface area contributed by atoms with Crippen LogP contribution < -0.4 is 4.74 Å². The van der Waals surface area contributed by atoms with Crippen LogP contribution in [0.2, 0.25) is 0 Å². The van der Waals surface area contributed by atoms with Crippen LogP contribution in [0.4, 0.5) is 22.0 Å². The summed E-state index contributed by atoms with van der Waals surface area (Å²) >= 11 is 0. The van der Waals surface area contributed by atoms with Crippen molar-refractivity contribution in [2.75, 3.05) is 19.7 Å². The van der Waals surface area contributed by atoms with E-state index in [9.17, 15) is 31.9 Å². The molecule has 0 bridgehead atoms. The van der Waals surface area contributed by atoms with Crippen molar-refractivity contribution >= 4 is 5.91 Å². The molecule has 0 spiro atoms. The van der Waals surface area contributed by atoms with Crippen molar-refractivity contribution in [3.8, 4) is 5.88 Å². The van der Waals surface area contributed by atoms with Gasteiger partial charge < -0.3 is 14.7 Å². The molecule has 2 rings (SSSR count). The van der Waals surface area contributed by atoms with Gasteiger partial charge in [0.2, 0.25) is 5.88 Å². The molecule has 0 aromatic carbocycles. The maximum Gasteiger partial charge on any atom is 0.419 e. The molecule has 1 aliphatic heterocycles. The number of pyridine rings is 1. The van der Waals surface area contributed by atoms with Gasteiger partial charge >= 0.3 is 6.18 Å². The molecule has 1 atom stereocenters. The van der Waals surface area contributed by atoms with E-state index >= 15 is 0 Å². The number of aromatic nitrogens is 1. The smallest absolute Gasteiger partial charge is 0.419 e. The Labute approximate surface area is 127 Å². The third kappa shape index (κ3) is 3.87. The Morgan fingerprint density at radius 3 is 2.74 bits per heavy atom. The number of halogens is 5. The zero-order chi connectivity index (χ0) is 17.3. The van der Waals surface area contributed by atoms with Crippen LogP contribution in [0, 0.1) is 0 Å². The second kappa shape index (κ2) is 6.26. The fourth-order valence-electron chi connectivity index (χ4n) is 2.15. The van der Waals surface area contributed by atoms with Gasteiger partial charge in [-0.3, -0.25) is 4.79 Å². The minimum atomic E-state index is -4.84. The van der Waals surface area contributed by atoms with E-state index in [1.165, 1.54) is 6.07 Å². The van der Waals surface area contributed by atoms with Crippen LogP contribution in [0.1, 0.15) is 16.8 Å². The van der Waals surface area contributed by atoms with Gasteiger partial charge in [-0.1, -0.05) is 0 Å². The first-order valence-electron chi connectivity index (χ1n) is 6.58. The molecular weight excluding hydrogens is 327 g/mol. The summed E-state index contributed by atoms with van der Waals surface area (Å²) in [6, 6.07) is 2.29. The minimum Gasteiger partial charge on any atom is -0.472 e. The molecule has 23 heavy (non-hydrogen) atoms. The summed E-state index contributed by atoms with van der Waals surface area (Å²) in [5.41, 5.74) is -3.00. The Bertz CT molecular complexity index is 581. The fraction of sp³-hybridized carbons (Fsp3) is 0.538. The number of nitrogens with zero attached hydrogens (tertiary/aromatic N) is 2. The fourth-order valence-corrected chi connectivity index (χ4v) is 2.15. The Kier molecular flexibility index (Phi) is 4.73. The Hall–Kier alpha value is -1.97. The molecule has 0 radical (unpaired) electrons. The molecule has 128 valence electrons. The van der Waals surface area contributed by atoms with Gasteiger partial charge in [0.15, 0.2) is 12.2 Å². The Balaban J connectivity index is 2.08. The second-order valence-corrected chi connectivity index (χ2v) is 5.09. The summed E-state index contributed by atoms with van der Waals surface area (Å²) in [4.78, 5) is 16.6. The molecule has 1 fully saturated rings. The predicted molar refractivity (Wildman–Crippen MR) is 67.3 cm³/mol. The van der Waals surface area contributed by atoms with Gasteiger partial charge in [-0.15, -0.1) is 0 Å². The normalized spacial score (nSPS) is 21.8. The summed E-state index contributed by atoms with van der Waals surface area (Å²) in [6.07, 6.45) is -7.06. The number of ether oxygens (including phenoxy) is 1. The summed E-state index contributed by atoms with van der Waals surface area (Å²) in [5, 5.41) is 9.55. The molecule has 2 heterocycles. The molecule has 1 N–H and O–H groups in total. The molecule has 1 aromatic heterocycles. The molecule has 1 amide bonds. The van der Waals surface area contributed by atoms with Crippen molar-refractivity contribution < 1.29 is 36.6 Å². The van der Waals surface area contributed by atoms with Crippen LogP contribution >= 0.6 is 0 Å². The number of alkyl halides is 5. The first kappa shape index (κ1) is 17.4. The minimum absolute atomic E-state index is 0.0595. The van der Waals surface area contributed by atoms with Crippen molar-refractivity contribution in [3.63, 3.8) is 0 Å². The van der Waals surface area contributed by atoms with E-state index in [1.54, 1.807) is 0 Å². The molecule has 1 aliphatic rings. The maximum atomic E-state index is 12.7. The Morgan fingerprint density at radius 2 is 2.17 bits per heavy atom. The standard InChI is InChI=1S/C13H13F5N2O3/c14-9(15)6-23-10-5-8(1-3-19-10)11(21)20-4-2-12(22,7-20)13(16,17)18/h1,3,5,9,22H,2,4,6-7H2/t12-/m0/s1. The monoisotopic (exact) mass is 340 g/mol. The van der Waals surface area contributed by atoms with Gasteiger partial charge in [-0.2, -0.15) is 13.2 Å². The first-order valence-corrected chi connectivity index (χ1v) is 6.58. The van der Waals surface area contributed by atoms with Crippen LogP contribution in [0.5, 0.6) is 5.88 Å². The number of amides is 1. The molecule has 0 saturated carbocycles. The molecule has 10 heteroatoms. The third-order valence-corrected chi connectivity index (χ3v) is 3.40. The lowest BCUT2D eigenvalue weighted by atomic mass is 10.0. The van der Waals surface area contributed by atoms with Crippen molar-refractivity contribution in [2.45, 2.75) is 24.6 Å². The zero-order valence-corrected chi connectivity index (χ0v) is 11.7. The van der Waals surface area contributed by atoms with Gasteiger partial charge in [0, 0.05) is 30.8 Å². The SMILES string of the molecule is O=C(c1ccnc(OCC(F)F)c1)N1CC[C@@](O)(C(F)(F)F)C1. The quantitative estimate of drug-likeness (QED) is 0.850. The second-order valence-electron chi connectivity index (χ2n) is 5.09. The molecule has 1 saturated heterocycles. The van der Waals surface area contributed by atoms with Gasteiger partial charge in [0.05, 0.1) is 6.54 Å². The molecule has 5 nitrogen and oxygen atoms in total. The van der Waals surface area contributed by atoms with E-state index in [1.807, 2.05) is 0 Å². The summed E-state index contributed by atoms with van der Waals surface area (Å²) < 4.78 is 67.0. The highest BCUT2D eigenvalue weighted by Crippen LogP contribution is 2.38. The number of hydrogen-bond donors (Lipinski definition) is 1. The van der Waals surface area contributed by atoms with Crippen LogP contribution in [0.15, 0.2) is 18.3 Å². The van der Waals surface area contributed by atoms with Crippen LogP contribution in [0.3, 0.4) is 0 Å². The topological polar surface area (TPSA) is 62.7 Å². The largest absolute Gasteiger partial charge is 0.472 e. The summed E-state index contributed by atoms with van der Waals surface area (Å²) in [7, 11) is 0. The van der Waals surface area contributed by atoms with E-state index in [2.05, 4.69) is 9.72 Å². The van der Waals surface area contributed by atoms with E-state index in [-0.39, 0.29) is 18.0 Å². The van der Waals surface area contributed by atoms with Gasteiger partial charge in [-0.25, -0.2) is 13.8 Å². The van der Waals surface area contributed by atoms with Crippen molar-refractivity contribution in [1.82, 2.24) is 9.88 Å². The number of carbonyl (C=O) groups excluding carboxylic acids is 1. The number of carbonyl (C=O) groups is 1. The molecule has 1 aromatic rings. The third-order valence-electron chi connectivity index (χ3n) is 3.40.